The second kappa shape index (κ2) is 8.76. The molecule has 10 heteroatoms. The largest absolute Gasteiger partial charge is 0.300 e. The van der Waals surface area contributed by atoms with E-state index in [1.807, 2.05) is 0 Å². The molecule has 4 rings (SSSR count). The van der Waals surface area contributed by atoms with E-state index >= 15 is 0 Å². The number of hydrogen-bond acceptors (Lipinski definition) is 5. The Bertz CT molecular complexity index is 1230. The van der Waals surface area contributed by atoms with Crippen LogP contribution in [0.2, 0.25) is 0 Å². The number of hydrogen-bond donors (Lipinski definition) is 0. The van der Waals surface area contributed by atoms with Gasteiger partial charge in [0, 0.05) is 29.7 Å². The minimum atomic E-state index is -3.64. The molecule has 0 unspecified atom stereocenters. The Morgan fingerprint density at radius 2 is 1.59 bits per heavy atom. The van der Waals surface area contributed by atoms with Gasteiger partial charge in [0.2, 0.25) is 10.0 Å². The maximum atomic E-state index is 13.4. The number of piperidine rings is 1. The highest BCUT2D eigenvalue weighted by atomic mass is 32.2. The van der Waals surface area contributed by atoms with Gasteiger partial charge in [0.1, 0.15) is 5.82 Å². The second-order valence-electron chi connectivity index (χ2n) is 7.87. The van der Waals surface area contributed by atoms with Gasteiger partial charge in [-0.15, -0.1) is 0 Å². The van der Waals surface area contributed by atoms with Gasteiger partial charge in [-0.1, -0.05) is 6.42 Å². The molecular formula is C22H23FN2O5S2. The van der Waals surface area contributed by atoms with Crippen LogP contribution in [0.15, 0.2) is 64.9 Å². The first-order valence-corrected chi connectivity index (χ1v) is 13.4. The van der Waals surface area contributed by atoms with Crippen LogP contribution in [0.4, 0.5) is 10.1 Å². The van der Waals surface area contributed by atoms with Crippen LogP contribution in [0.3, 0.4) is 0 Å². The molecule has 0 saturated carbocycles. The molecule has 2 aromatic carbocycles. The summed E-state index contributed by atoms with van der Waals surface area (Å²) >= 11 is 0. The molecular weight excluding hydrogens is 455 g/mol. The SMILES string of the molecule is O=C(c1ccc(S(=O)(=O)N2CCCCC2)cc1)N(c1ccc(F)cc1)[C@H]1C=CS(=O)(=O)C1. The van der Waals surface area contributed by atoms with Crippen molar-refractivity contribution in [2.24, 2.45) is 0 Å². The Morgan fingerprint density at radius 1 is 0.969 bits per heavy atom. The van der Waals surface area contributed by atoms with Gasteiger partial charge in [0.25, 0.3) is 5.91 Å². The van der Waals surface area contributed by atoms with Crippen LogP contribution >= 0.6 is 0 Å². The van der Waals surface area contributed by atoms with Crippen LogP contribution in [0, 0.1) is 5.82 Å². The number of amides is 1. The number of carbonyl (C=O) groups is 1. The summed E-state index contributed by atoms with van der Waals surface area (Å²) < 4.78 is 64.5. The quantitative estimate of drug-likeness (QED) is 0.659. The number of carbonyl (C=O) groups excluding carboxylic acids is 1. The minimum absolute atomic E-state index is 0.104. The summed E-state index contributed by atoms with van der Waals surface area (Å²) in [5.41, 5.74) is 0.540. The highest BCUT2D eigenvalue weighted by Crippen LogP contribution is 2.26. The van der Waals surface area contributed by atoms with E-state index in [0.29, 0.717) is 18.8 Å². The molecule has 1 atom stereocenters. The smallest absolute Gasteiger partial charge is 0.258 e. The van der Waals surface area contributed by atoms with Crippen LogP contribution in [-0.4, -0.2) is 51.9 Å². The summed E-state index contributed by atoms with van der Waals surface area (Å²) in [5, 5.41) is 1.07. The van der Waals surface area contributed by atoms with E-state index in [-0.39, 0.29) is 16.2 Å². The van der Waals surface area contributed by atoms with Gasteiger partial charge >= 0.3 is 0 Å². The molecule has 170 valence electrons. The first-order valence-electron chi connectivity index (χ1n) is 10.3. The van der Waals surface area contributed by atoms with Crippen LogP contribution in [0.1, 0.15) is 29.6 Å². The van der Waals surface area contributed by atoms with Crippen molar-refractivity contribution in [3.05, 3.63) is 71.4 Å². The average Bonchev–Trinajstić information content (AvgIpc) is 3.15. The lowest BCUT2D eigenvalue weighted by atomic mass is 10.1. The number of benzene rings is 2. The van der Waals surface area contributed by atoms with Crippen molar-refractivity contribution in [3.63, 3.8) is 0 Å². The predicted molar refractivity (Wildman–Crippen MR) is 119 cm³/mol. The standard InChI is InChI=1S/C22H23FN2O5S2/c23-18-6-8-19(9-7-18)25(20-12-15-31(27,28)16-20)22(26)17-4-10-21(11-5-17)32(29,30)24-13-2-1-3-14-24/h4-12,15,20H,1-3,13-14,16H2/t20-/m0/s1. The van der Waals surface area contributed by atoms with Gasteiger partial charge in [-0.2, -0.15) is 4.31 Å². The number of anilines is 1. The van der Waals surface area contributed by atoms with E-state index in [2.05, 4.69) is 0 Å². The fourth-order valence-corrected chi connectivity index (χ4v) is 6.73. The van der Waals surface area contributed by atoms with Gasteiger partial charge in [0.05, 0.1) is 16.7 Å². The van der Waals surface area contributed by atoms with Gasteiger partial charge in [-0.25, -0.2) is 21.2 Å². The summed E-state index contributed by atoms with van der Waals surface area (Å²) in [7, 11) is -7.08. The van der Waals surface area contributed by atoms with E-state index in [1.165, 1.54) is 63.8 Å². The Balaban J connectivity index is 1.64. The predicted octanol–water partition coefficient (Wildman–Crippen LogP) is 2.96. The van der Waals surface area contributed by atoms with Crippen molar-refractivity contribution in [3.8, 4) is 0 Å². The van der Waals surface area contributed by atoms with Crippen molar-refractivity contribution in [1.29, 1.82) is 0 Å². The van der Waals surface area contributed by atoms with Crippen molar-refractivity contribution < 1.29 is 26.0 Å². The number of rotatable bonds is 5. The molecule has 1 fully saturated rings. The number of nitrogens with zero attached hydrogens (tertiary/aromatic N) is 2. The van der Waals surface area contributed by atoms with Crippen LogP contribution in [-0.2, 0) is 19.9 Å². The first-order chi connectivity index (χ1) is 15.2. The van der Waals surface area contributed by atoms with Crippen LogP contribution in [0.5, 0.6) is 0 Å². The lowest BCUT2D eigenvalue weighted by Gasteiger charge is -2.28. The third-order valence-electron chi connectivity index (χ3n) is 5.62. The summed E-state index contributed by atoms with van der Waals surface area (Å²) in [4.78, 5) is 14.7. The van der Waals surface area contributed by atoms with Crippen molar-refractivity contribution >= 4 is 31.5 Å². The molecule has 2 heterocycles. The maximum Gasteiger partial charge on any atom is 0.258 e. The minimum Gasteiger partial charge on any atom is -0.300 e. The van der Waals surface area contributed by atoms with Crippen LogP contribution < -0.4 is 4.90 Å². The first kappa shape index (κ1) is 22.6. The average molecular weight is 479 g/mol. The summed E-state index contributed by atoms with van der Waals surface area (Å²) in [6, 6.07) is 10.1. The molecule has 32 heavy (non-hydrogen) atoms. The molecule has 0 radical (unpaired) electrons. The van der Waals surface area contributed by atoms with E-state index in [1.54, 1.807) is 0 Å². The Hall–Kier alpha value is -2.56. The lowest BCUT2D eigenvalue weighted by molar-refractivity contribution is 0.0983. The van der Waals surface area contributed by atoms with Crippen molar-refractivity contribution in [1.82, 2.24) is 4.31 Å². The molecule has 7 nitrogen and oxygen atoms in total. The van der Waals surface area contributed by atoms with Crippen molar-refractivity contribution in [2.45, 2.75) is 30.2 Å². The molecule has 2 aliphatic rings. The molecule has 2 aliphatic heterocycles. The van der Waals surface area contributed by atoms with Gasteiger partial charge < -0.3 is 4.90 Å². The molecule has 1 saturated heterocycles. The molecule has 0 aromatic heterocycles. The van der Waals surface area contributed by atoms with Gasteiger partial charge in [0.15, 0.2) is 9.84 Å². The van der Waals surface area contributed by atoms with Crippen LogP contribution in [0.25, 0.3) is 0 Å². The zero-order valence-corrected chi connectivity index (χ0v) is 18.9. The number of sulfonamides is 1. The summed E-state index contributed by atoms with van der Waals surface area (Å²) in [5.74, 6) is -1.27. The third-order valence-corrected chi connectivity index (χ3v) is 8.91. The summed E-state index contributed by atoms with van der Waals surface area (Å²) in [6.45, 7) is 0.952. The molecule has 0 bridgehead atoms. The van der Waals surface area contributed by atoms with E-state index in [9.17, 15) is 26.0 Å². The Labute approximate surface area is 187 Å². The van der Waals surface area contributed by atoms with E-state index in [0.717, 1.165) is 24.7 Å². The maximum absolute atomic E-state index is 13.4. The number of sulfone groups is 1. The van der Waals surface area contributed by atoms with Gasteiger partial charge in [-0.05, 0) is 67.4 Å². The highest BCUT2D eigenvalue weighted by Gasteiger charge is 2.32. The van der Waals surface area contributed by atoms with Gasteiger partial charge in [-0.3, -0.25) is 4.79 Å². The third kappa shape index (κ3) is 4.62. The van der Waals surface area contributed by atoms with Crippen molar-refractivity contribution in [2.75, 3.05) is 23.7 Å². The fourth-order valence-electron chi connectivity index (χ4n) is 3.94. The lowest BCUT2D eigenvalue weighted by Crippen LogP contribution is -2.41. The molecule has 1 amide bonds. The Morgan fingerprint density at radius 3 is 2.16 bits per heavy atom. The molecule has 0 aliphatic carbocycles. The zero-order valence-electron chi connectivity index (χ0n) is 17.2. The molecule has 0 N–H and O–H groups in total. The fraction of sp³-hybridized carbons (Fsp3) is 0.318. The number of halogens is 1. The monoisotopic (exact) mass is 478 g/mol. The summed E-state index contributed by atoms with van der Waals surface area (Å²) in [6.07, 6.45) is 4.07. The van der Waals surface area contributed by atoms with E-state index < -0.39 is 37.6 Å². The highest BCUT2D eigenvalue weighted by molar-refractivity contribution is 7.94. The molecule has 0 spiro atoms. The zero-order chi connectivity index (χ0) is 22.9. The molecule has 2 aromatic rings. The topological polar surface area (TPSA) is 91.8 Å². The second-order valence-corrected chi connectivity index (χ2v) is 11.7. The normalized spacial score (nSPS) is 20.8. The van der Waals surface area contributed by atoms with E-state index in [4.69, 9.17) is 0 Å². The Kier molecular flexibility index (Phi) is 6.19.